The van der Waals surface area contributed by atoms with Crippen LogP contribution in [0.2, 0.25) is 0 Å². The van der Waals surface area contributed by atoms with Crippen molar-refractivity contribution in [3.63, 3.8) is 0 Å². The summed E-state index contributed by atoms with van der Waals surface area (Å²) in [4.78, 5) is 24.7. The third-order valence-electron chi connectivity index (χ3n) is 5.23. The van der Waals surface area contributed by atoms with Gasteiger partial charge in [0.25, 0.3) is 5.92 Å². The van der Waals surface area contributed by atoms with Gasteiger partial charge in [-0.3, -0.25) is 0 Å². The van der Waals surface area contributed by atoms with Crippen LogP contribution < -0.4 is 5.32 Å². The highest BCUT2D eigenvalue weighted by atomic mass is 19.3. The number of halogens is 4. The van der Waals surface area contributed by atoms with Crippen molar-refractivity contribution in [1.82, 2.24) is 5.32 Å². The van der Waals surface area contributed by atoms with Crippen molar-refractivity contribution in [2.75, 3.05) is 13.7 Å². The maximum atomic E-state index is 14.6. The van der Waals surface area contributed by atoms with Crippen LogP contribution in [0.4, 0.5) is 17.6 Å². The van der Waals surface area contributed by atoms with E-state index >= 15 is 0 Å². The molecular formula is C19H15F4NO4. The summed E-state index contributed by atoms with van der Waals surface area (Å²) >= 11 is 0. The van der Waals surface area contributed by atoms with Crippen molar-refractivity contribution < 1.29 is 36.6 Å². The summed E-state index contributed by atoms with van der Waals surface area (Å²) in [6.45, 7) is 1.40. The second-order valence-corrected chi connectivity index (χ2v) is 6.96. The first-order valence-corrected chi connectivity index (χ1v) is 8.48. The summed E-state index contributed by atoms with van der Waals surface area (Å²) in [5, 5.41) is 2.86. The highest BCUT2D eigenvalue weighted by molar-refractivity contribution is 6.01. The summed E-state index contributed by atoms with van der Waals surface area (Å²) in [5.74, 6) is -9.68. The van der Waals surface area contributed by atoms with E-state index in [9.17, 15) is 27.2 Å². The van der Waals surface area contributed by atoms with E-state index in [0.29, 0.717) is 11.8 Å². The van der Waals surface area contributed by atoms with Gasteiger partial charge in [0.05, 0.1) is 35.8 Å². The minimum Gasteiger partial charge on any atom is -0.466 e. The minimum absolute atomic E-state index is 0.0405. The first-order chi connectivity index (χ1) is 13.2. The van der Waals surface area contributed by atoms with Gasteiger partial charge in [0, 0.05) is 23.7 Å². The molecule has 0 spiro atoms. The molecule has 0 aromatic heterocycles. The number of ether oxygens (including phenoxy) is 2. The van der Waals surface area contributed by atoms with E-state index in [1.54, 1.807) is 0 Å². The van der Waals surface area contributed by atoms with Crippen LogP contribution in [0.1, 0.15) is 36.3 Å². The molecule has 5 nitrogen and oxygen atoms in total. The Balaban J connectivity index is 1.98. The summed E-state index contributed by atoms with van der Waals surface area (Å²) in [7, 11) is 1.11. The quantitative estimate of drug-likeness (QED) is 0.628. The maximum Gasteiger partial charge on any atom is 0.337 e. The van der Waals surface area contributed by atoms with Crippen molar-refractivity contribution in [2.45, 2.75) is 31.1 Å². The number of benzene rings is 1. The molecule has 148 valence electrons. The Hall–Kier alpha value is -2.84. The maximum absolute atomic E-state index is 14.6. The second kappa shape index (κ2) is 6.08. The summed E-state index contributed by atoms with van der Waals surface area (Å²) in [6.07, 6.45) is -0.597. The van der Waals surface area contributed by atoms with Crippen molar-refractivity contribution in [1.29, 1.82) is 0 Å². The minimum atomic E-state index is -3.14. The Bertz CT molecular complexity index is 982. The summed E-state index contributed by atoms with van der Waals surface area (Å²) < 4.78 is 66.0. The highest BCUT2D eigenvalue weighted by Gasteiger charge is 2.60. The molecule has 0 radical (unpaired) electrons. The van der Waals surface area contributed by atoms with Gasteiger partial charge in [0.1, 0.15) is 18.2 Å². The smallest absolute Gasteiger partial charge is 0.337 e. The zero-order chi connectivity index (χ0) is 20.4. The number of hydrogen-bond acceptors (Lipinski definition) is 5. The summed E-state index contributed by atoms with van der Waals surface area (Å²) in [6, 6.07) is 1.40. The van der Waals surface area contributed by atoms with Gasteiger partial charge in [-0.05, 0) is 18.6 Å². The van der Waals surface area contributed by atoms with Crippen molar-refractivity contribution in [3.8, 4) is 0 Å². The molecule has 1 aliphatic carbocycles. The van der Waals surface area contributed by atoms with Crippen LogP contribution in [0, 0.1) is 11.6 Å². The molecule has 2 atom stereocenters. The van der Waals surface area contributed by atoms with Gasteiger partial charge in [-0.1, -0.05) is 0 Å². The number of dihydropyridines is 1. The molecule has 1 N–H and O–H groups in total. The van der Waals surface area contributed by atoms with Crippen LogP contribution in [0.15, 0.2) is 34.7 Å². The van der Waals surface area contributed by atoms with Gasteiger partial charge in [-0.15, -0.1) is 0 Å². The topological polar surface area (TPSA) is 64.6 Å². The Labute approximate surface area is 157 Å². The molecule has 2 aliphatic heterocycles. The van der Waals surface area contributed by atoms with E-state index < -0.39 is 53.3 Å². The van der Waals surface area contributed by atoms with Gasteiger partial charge in [-0.2, -0.15) is 0 Å². The molecule has 28 heavy (non-hydrogen) atoms. The highest BCUT2D eigenvalue weighted by Crippen LogP contribution is 2.59. The standard InChI is InChI=1S/C19H15F4NO4/c1-7-13(17(25)27-2)15(16-12(24-7)6-28-18(16)26)9-3-8(20)4-11(21)14(9)10-5-19(10,22)23/h3-4,10,15,24H,5-6H2,1-2H3/t10-,15+/m1/s1. The number of allylic oxidation sites excluding steroid dienone is 1. The van der Waals surface area contributed by atoms with Gasteiger partial charge in [0.2, 0.25) is 0 Å². The lowest BCUT2D eigenvalue weighted by Gasteiger charge is -2.29. The zero-order valence-corrected chi connectivity index (χ0v) is 14.9. The number of rotatable bonds is 3. The van der Waals surface area contributed by atoms with Gasteiger partial charge in [0.15, 0.2) is 0 Å². The van der Waals surface area contributed by atoms with Crippen LogP contribution in [0.25, 0.3) is 0 Å². The lowest BCUT2D eigenvalue weighted by atomic mass is 9.78. The Morgan fingerprint density at radius 1 is 1.32 bits per heavy atom. The number of carbonyl (C=O) groups excluding carboxylic acids is 2. The molecule has 0 amide bonds. The molecule has 4 rings (SSSR count). The van der Waals surface area contributed by atoms with Crippen LogP contribution in [0.3, 0.4) is 0 Å². The monoisotopic (exact) mass is 397 g/mol. The molecule has 3 aliphatic rings. The van der Waals surface area contributed by atoms with E-state index in [0.717, 1.165) is 13.2 Å². The molecule has 9 heteroatoms. The normalized spacial score (nSPS) is 25.3. The molecule has 0 unspecified atom stereocenters. The number of methoxy groups -OCH3 is 1. The Morgan fingerprint density at radius 2 is 2.00 bits per heavy atom. The van der Waals surface area contributed by atoms with Crippen LogP contribution in [-0.4, -0.2) is 31.6 Å². The third kappa shape index (κ3) is 2.68. The zero-order valence-electron chi connectivity index (χ0n) is 14.9. The fourth-order valence-electron chi connectivity index (χ4n) is 3.90. The SMILES string of the molecule is COC(=O)C1=C(C)NC2=C(C(=O)OC2)[C@H]1c1cc(F)cc(F)c1[C@H]1CC1(F)F. The molecule has 1 saturated carbocycles. The van der Waals surface area contributed by atoms with Crippen LogP contribution in [0.5, 0.6) is 0 Å². The first kappa shape index (κ1) is 18.5. The van der Waals surface area contributed by atoms with Crippen molar-refractivity contribution in [2.24, 2.45) is 0 Å². The lowest BCUT2D eigenvalue weighted by molar-refractivity contribution is -0.136. The van der Waals surface area contributed by atoms with Crippen LogP contribution in [-0.2, 0) is 19.1 Å². The van der Waals surface area contributed by atoms with Crippen molar-refractivity contribution in [3.05, 3.63) is 57.4 Å². The molecule has 0 saturated heterocycles. The fourth-order valence-corrected chi connectivity index (χ4v) is 3.90. The summed E-state index contributed by atoms with van der Waals surface area (Å²) in [5.41, 5.74) is -0.131. The Kier molecular flexibility index (Phi) is 4.02. The first-order valence-electron chi connectivity index (χ1n) is 8.48. The number of carbonyl (C=O) groups is 2. The van der Waals surface area contributed by atoms with Gasteiger partial charge >= 0.3 is 11.9 Å². The second-order valence-electron chi connectivity index (χ2n) is 6.96. The van der Waals surface area contributed by atoms with E-state index in [1.165, 1.54) is 6.92 Å². The molecule has 0 bridgehead atoms. The van der Waals surface area contributed by atoms with Crippen molar-refractivity contribution >= 4 is 11.9 Å². The number of nitrogens with one attached hydrogen (secondary N) is 1. The molecular weight excluding hydrogens is 382 g/mol. The molecule has 2 heterocycles. The predicted molar refractivity (Wildman–Crippen MR) is 87.2 cm³/mol. The number of cyclic esters (lactones) is 1. The van der Waals surface area contributed by atoms with E-state index in [2.05, 4.69) is 5.32 Å². The molecule has 1 aromatic rings. The van der Waals surface area contributed by atoms with Gasteiger partial charge < -0.3 is 14.8 Å². The van der Waals surface area contributed by atoms with E-state index in [4.69, 9.17) is 9.47 Å². The molecule has 1 fully saturated rings. The van der Waals surface area contributed by atoms with E-state index in [-0.39, 0.29) is 29.0 Å². The Morgan fingerprint density at radius 3 is 2.61 bits per heavy atom. The van der Waals surface area contributed by atoms with Gasteiger partial charge in [-0.25, -0.2) is 27.2 Å². The predicted octanol–water partition coefficient (Wildman–Crippen LogP) is 3.03. The van der Waals surface area contributed by atoms with Crippen LogP contribution >= 0.6 is 0 Å². The lowest BCUT2D eigenvalue weighted by Crippen LogP contribution is -2.30. The molecule has 1 aromatic carbocycles. The average molecular weight is 397 g/mol. The number of esters is 2. The third-order valence-corrected chi connectivity index (χ3v) is 5.23. The average Bonchev–Trinajstić information content (AvgIpc) is 3.08. The van der Waals surface area contributed by atoms with E-state index in [1.807, 2.05) is 0 Å². The largest absolute Gasteiger partial charge is 0.466 e. The fraction of sp³-hybridized carbons (Fsp3) is 0.368. The number of hydrogen-bond donors (Lipinski definition) is 1. The number of alkyl halides is 2.